The van der Waals surface area contributed by atoms with Crippen LogP contribution in [0.1, 0.15) is 11.3 Å². The molecule has 2 amide bonds. The number of carbonyl (C=O) groups excluding carboxylic acids is 2. The number of benzene rings is 1. The summed E-state index contributed by atoms with van der Waals surface area (Å²) in [6, 6.07) is 4.16. The van der Waals surface area contributed by atoms with Gasteiger partial charge in [0.2, 0.25) is 0 Å². The summed E-state index contributed by atoms with van der Waals surface area (Å²) in [5, 5.41) is -0.215. The zero-order chi connectivity index (χ0) is 21.5. The first kappa shape index (κ1) is 20.8. The number of aromatic nitrogens is 1. The highest BCUT2D eigenvalue weighted by molar-refractivity contribution is 6.31. The molecule has 0 aliphatic carbocycles. The van der Waals surface area contributed by atoms with Gasteiger partial charge >= 0.3 is 12.3 Å². The van der Waals surface area contributed by atoms with E-state index in [1.807, 2.05) is 0 Å². The number of rotatable bonds is 3. The van der Waals surface area contributed by atoms with Gasteiger partial charge in [0.15, 0.2) is 11.9 Å². The average Bonchev–Trinajstić information content (AvgIpc) is 3.03. The fraction of sp³-hybridized carbons (Fsp3) is 0.278. The molecule has 1 atom stereocenters. The van der Waals surface area contributed by atoms with Gasteiger partial charge in [0.25, 0.3) is 5.91 Å². The van der Waals surface area contributed by atoms with Crippen LogP contribution in [0.15, 0.2) is 30.3 Å². The van der Waals surface area contributed by atoms with Crippen LogP contribution in [-0.2, 0) is 15.7 Å². The molecule has 0 radical (unpaired) electrons. The number of carbonyl (C=O) groups is 2. The second-order valence-corrected chi connectivity index (χ2v) is 6.69. The topological polar surface area (TPSA) is 62.7 Å². The van der Waals surface area contributed by atoms with Crippen molar-refractivity contribution in [1.82, 2.24) is 4.98 Å². The van der Waals surface area contributed by atoms with Crippen molar-refractivity contribution >= 4 is 35.1 Å². The van der Waals surface area contributed by atoms with Crippen LogP contribution in [0.4, 0.5) is 33.9 Å². The number of nitrogens with zero attached hydrogens (tertiary/aromatic N) is 3. The lowest BCUT2D eigenvalue weighted by atomic mass is 10.2. The highest BCUT2D eigenvalue weighted by atomic mass is 35.5. The van der Waals surface area contributed by atoms with Gasteiger partial charge in [0.1, 0.15) is 12.4 Å². The van der Waals surface area contributed by atoms with Crippen molar-refractivity contribution in [2.24, 2.45) is 0 Å². The number of amides is 2. The summed E-state index contributed by atoms with van der Waals surface area (Å²) in [6.07, 6.45) is -5.71. The monoisotopic (exact) mass is 431 g/mol. The number of hydrogen-bond acceptors (Lipinski definition) is 4. The Hall–Kier alpha value is -2.88. The summed E-state index contributed by atoms with van der Waals surface area (Å²) in [6.45, 7) is 0.894. The number of likely N-dealkylation sites (N-methyl/N-ethyl adjacent to an activating group) is 1. The third kappa shape index (κ3) is 3.98. The first-order valence-corrected chi connectivity index (χ1v) is 8.62. The number of cyclic esters (lactones) is 1. The normalized spacial score (nSPS) is 16.7. The third-order valence-corrected chi connectivity index (χ3v) is 4.59. The van der Waals surface area contributed by atoms with Crippen molar-refractivity contribution in [2.45, 2.75) is 19.1 Å². The van der Waals surface area contributed by atoms with E-state index in [0.29, 0.717) is 6.07 Å². The Morgan fingerprint density at radius 1 is 1.34 bits per heavy atom. The largest absolute Gasteiger partial charge is 0.446 e. The Balaban J connectivity index is 1.98. The summed E-state index contributed by atoms with van der Waals surface area (Å²) in [4.78, 5) is 30.6. The summed E-state index contributed by atoms with van der Waals surface area (Å²) in [7, 11) is 1.25. The molecule has 3 rings (SSSR count). The van der Waals surface area contributed by atoms with Gasteiger partial charge in [0.05, 0.1) is 16.3 Å². The van der Waals surface area contributed by atoms with Crippen molar-refractivity contribution in [3.05, 3.63) is 52.4 Å². The minimum Gasteiger partial charge on any atom is -0.446 e. The molecule has 1 aromatic carbocycles. The molecule has 1 unspecified atom stereocenters. The minimum atomic E-state index is -4.67. The molecule has 0 spiro atoms. The zero-order valence-electron chi connectivity index (χ0n) is 15.1. The van der Waals surface area contributed by atoms with E-state index in [-0.39, 0.29) is 16.4 Å². The predicted octanol–water partition coefficient (Wildman–Crippen LogP) is 4.19. The number of hydrogen-bond donors (Lipinski definition) is 0. The van der Waals surface area contributed by atoms with Crippen molar-refractivity contribution in [2.75, 3.05) is 23.5 Å². The fourth-order valence-electron chi connectivity index (χ4n) is 2.89. The maximum absolute atomic E-state index is 14.3. The van der Waals surface area contributed by atoms with Crippen LogP contribution in [0.25, 0.3) is 0 Å². The van der Waals surface area contributed by atoms with Crippen molar-refractivity contribution in [3.8, 4) is 0 Å². The van der Waals surface area contributed by atoms with Crippen LogP contribution < -0.4 is 9.80 Å². The van der Waals surface area contributed by atoms with Gasteiger partial charge in [-0.25, -0.2) is 19.1 Å². The van der Waals surface area contributed by atoms with E-state index >= 15 is 0 Å². The van der Waals surface area contributed by atoms with Gasteiger partial charge < -0.3 is 9.64 Å². The first-order chi connectivity index (χ1) is 13.5. The molecule has 29 heavy (non-hydrogen) atoms. The molecule has 6 nitrogen and oxygen atoms in total. The number of anilines is 2. The molecule has 1 saturated heterocycles. The van der Waals surface area contributed by atoms with Gasteiger partial charge in [-0.2, -0.15) is 13.2 Å². The number of pyridine rings is 1. The molecule has 0 bridgehead atoms. The molecular weight excluding hydrogens is 418 g/mol. The second-order valence-electron chi connectivity index (χ2n) is 6.29. The van der Waals surface area contributed by atoms with Crippen molar-refractivity contribution in [1.29, 1.82) is 0 Å². The quantitative estimate of drug-likeness (QED) is 0.684. The summed E-state index contributed by atoms with van der Waals surface area (Å²) < 4.78 is 58.5. The predicted molar refractivity (Wildman–Crippen MR) is 96.4 cm³/mol. The highest BCUT2D eigenvalue weighted by Crippen LogP contribution is 2.34. The molecule has 2 heterocycles. The molecule has 2 aromatic rings. The summed E-state index contributed by atoms with van der Waals surface area (Å²) in [5.74, 6) is -2.03. The average molecular weight is 432 g/mol. The Kier molecular flexibility index (Phi) is 5.40. The third-order valence-electron chi connectivity index (χ3n) is 4.30. The van der Waals surface area contributed by atoms with E-state index in [2.05, 4.69) is 4.98 Å². The molecule has 0 N–H and O–H groups in total. The van der Waals surface area contributed by atoms with E-state index in [1.54, 1.807) is 0 Å². The van der Waals surface area contributed by atoms with E-state index in [0.717, 1.165) is 15.9 Å². The summed E-state index contributed by atoms with van der Waals surface area (Å²) >= 11 is 5.73. The molecule has 154 valence electrons. The van der Waals surface area contributed by atoms with Crippen molar-refractivity contribution < 1.29 is 31.9 Å². The zero-order valence-corrected chi connectivity index (χ0v) is 15.9. The fourth-order valence-corrected chi connectivity index (χ4v) is 3.06. The Bertz CT molecular complexity index is 983. The van der Waals surface area contributed by atoms with Crippen LogP contribution in [0, 0.1) is 12.7 Å². The first-order valence-electron chi connectivity index (χ1n) is 8.24. The van der Waals surface area contributed by atoms with E-state index < -0.39 is 48.0 Å². The van der Waals surface area contributed by atoms with Crippen LogP contribution in [-0.4, -0.2) is 36.7 Å². The molecule has 0 saturated carbocycles. The van der Waals surface area contributed by atoms with Crippen LogP contribution in [0.3, 0.4) is 0 Å². The minimum absolute atomic E-state index is 0.00466. The Morgan fingerprint density at radius 3 is 2.69 bits per heavy atom. The Labute approximate surface area is 167 Å². The second kappa shape index (κ2) is 7.51. The highest BCUT2D eigenvalue weighted by Gasteiger charge is 2.43. The molecule has 1 aromatic heterocycles. The number of aryl methyl sites for hydroxylation is 1. The lowest BCUT2D eigenvalue weighted by molar-refractivity contribution is -0.137. The maximum atomic E-state index is 14.3. The van der Waals surface area contributed by atoms with E-state index in [4.69, 9.17) is 16.3 Å². The summed E-state index contributed by atoms with van der Waals surface area (Å²) in [5.41, 5.74) is -1.19. The maximum Gasteiger partial charge on any atom is 0.416 e. The lowest BCUT2D eigenvalue weighted by Gasteiger charge is -2.26. The molecule has 1 aliphatic rings. The van der Waals surface area contributed by atoms with Crippen molar-refractivity contribution in [3.63, 3.8) is 0 Å². The molecule has 1 aliphatic heterocycles. The van der Waals surface area contributed by atoms with Gasteiger partial charge in [-0.1, -0.05) is 17.7 Å². The smallest absolute Gasteiger partial charge is 0.416 e. The van der Waals surface area contributed by atoms with E-state index in [9.17, 15) is 27.2 Å². The standard InChI is InChI=1S/C18H14ClF4N3O3/c1-9-6-10(18(21,22)23)7-14(24-9)26-13(8-29-17(26)28)16(27)25(2)12-5-3-4-11(19)15(12)20/h3-7,13H,8H2,1-2H3. The van der Waals surface area contributed by atoms with Gasteiger partial charge in [-0.15, -0.1) is 0 Å². The number of halogens is 5. The lowest BCUT2D eigenvalue weighted by Crippen LogP contribution is -2.47. The van der Waals surface area contributed by atoms with E-state index in [1.165, 1.54) is 32.2 Å². The molecular formula is C18H14ClF4N3O3. The number of alkyl halides is 3. The molecule has 11 heteroatoms. The van der Waals surface area contributed by atoms with Crippen LogP contribution in [0.2, 0.25) is 5.02 Å². The van der Waals surface area contributed by atoms with Gasteiger partial charge in [0, 0.05) is 12.7 Å². The molecule has 1 fully saturated rings. The van der Waals surface area contributed by atoms with Gasteiger partial charge in [-0.3, -0.25) is 4.79 Å². The number of ether oxygens (including phenoxy) is 1. The van der Waals surface area contributed by atoms with Crippen LogP contribution >= 0.6 is 11.6 Å². The van der Waals surface area contributed by atoms with Crippen LogP contribution in [0.5, 0.6) is 0 Å². The van der Waals surface area contributed by atoms with Gasteiger partial charge in [-0.05, 0) is 31.2 Å². The SMILES string of the molecule is Cc1cc(C(F)(F)F)cc(N2C(=O)OCC2C(=O)N(C)c2cccc(Cl)c2F)n1. The Morgan fingerprint density at radius 2 is 2.03 bits per heavy atom.